The molecule has 1 aliphatic rings. The molecule has 0 aliphatic heterocycles. The van der Waals surface area contributed by atoms with E-state index in [9.17, 15) is 0 Å². The lowest BCUT2D eigenvalue weighted by Gasteiger charge is -2.27. The summed E-state index contributed by atoms with van der Waals surface area (Å²) in [5.74, 6) is 0. The van der Waals surface area contributed by atoms with Crippen molar-refractivity contribution >= 4 is 5.69 Å². The summed E-state index contributed by atoms with van der Waals surface area (Å²) in [7, 11) is 0. The van der Waals surface area contributed by atoms with Gasteiger partial charge in [0, 0.05) is 12.2 Å². The van der Waals surface area contributed by atoms with Crippen molar-refractivity contribution in [2.75, 3.05) is 5.32 Å². The summed E-state index contributed by atoms with van der Waals surface area (Å²) in [6.07, 6.45) is 5.35. The summed E-state index contributed by atoms with van der Waals surface area (Å²) in [5.41, 5.74) is 1.36. The van der Waals surface area contributed by atoms with Crippen LogP contribution in [0.4, 0.5) is 5.69 Å². The molecule has 1 N–H and O–H groups in total. The molecule has 0 unspecified atom stereocenters. The molecule has 3 nitrogen and oxygen atoms in total. The van der Waals surface area contributed by atoms with Crippen molar-refractivity contribution in [1.29, 1.82) is 5.26 Å². The molecule has 1 heterocycles. The molecule has 0 saturated heterocycles. The topological polar surface area (TPSA) is 48.7 Å². The molecule has 1 aromatic heterocycles. The summed E-state index contributed by atoms with van der Waals surface area (Å²) in [6.45, 7) is 0. The van der Waals surface area contributed by atoms with Gasteiger partial charge < -0.3 is 5.32 Å². The highest BCUT2D eigenvalue weighted by atomic mass is 14.9. The Morgan fingerprint density at radius 2 is 2.38 bits per heavy atom. The monoisotopic (exact) mass is 173 g/mol. The fourth-order valence-electron chi connectivity index (χ4n) is 1.38. The van der Waals surface area contributed by atoms with Crippen molar-refractivity contribution in [1.82, 2.24) is 4.98 Å². The fourth-order valence-corrected chi connectivity index (χ4v) is 1.38. The van der Waals surface area contributed by atoms with E-state index in [4.69, 9.17) is 5.26 Å². The summed E-state index contributed by atoms with van der Waals surface area (Å²) >= 11 is 0. The van der Waals surface area contributed by atoms with Crippen molar-refractivity contribution in [3.8, 4) is 6.07 Å². The minimum atomic E-state index is 0.495. The predicted molar refractivity (Wildman–Crippen MR) is 50.2 cm³/mol. The third kappa shape index (κ3) is 1.62. The van der Waals surface area contributed by atoms with E-state index in [-0.39, 0.29) is 0 Å². The van der Waals surface area contributed by atoms with Crippen LogP contribution in [0.2, 0.25) is 0 Å². The summed E-state index contributed by atoms with van der Waals surface area (Å²) < 4.78 is 0. The van der Waals surface area contributed by atoms with Gasteiger partial charge in [-0.05, 0) is 31.4 Å². The van der Waals surface area contributed by atoms with Gasteiger partial charge in [0.1, 0.15) is 6.07 Å². The summed E-state index contributed by atoms with van der Waals surface area (Å²) in [5, 5.41) is 12.1. The lowest BCUT2D eigenvalue weighted by atomic mass is 9.93. The first-order chi connectivity index (χ1) is 6.40. The third-order valence-electron chi connectivity index (χ3n) is 2.38. The number of hydrogen-bond acceptors (Lipinski definition) is 3. The van der Waals surface area contributed by atoms with E-state index in [1.54, 1.807) is 6.20 Å². The zero-order valence-electron chi connectivity index (χ0n) is 7.33. The van der Waals surface area contributed by atoms with Crippen LogP contribution in [0.1, 0.15) is 25.0 Å². The van der Waals surface area contributed by atoms with Gasteiger partial charge in [-0.2, -0.15) is 5.26 Å². The lowest BCUT2D eigenvalue weighted by molar-refractivity contribution is 0.445. The predicted octanol–water partition coefficient (Wildman–Crippen LogP) is 1.92. The molecule has 1 aromatic rings. The van der Waals surface area contributed by atoms with Gasteiger partial charge >= 0.3 is 0 Å². The second-order valence-electron chi connectivity index (χ2n) is 3.28. The van der Waals surface area contributed by atoms with Crippen LogP contribution in [0.15, 0.2) is 18.3 Å². The normalized spacial score (nSPS) is 15.9. The van der Waals surface area contributed by atoms with Gasteiger partial charge in [0.05, 0.1) is 5.69 Å². The van der Waals surface area contributed by atoms with Crippen LogP contribution in [0.25, 0.3) is 0 Å². The van der Waals surface area contributed by atoms with Crippen molar-refractivity contribution in [3.63, 3.8) is 0 Å². The quantitative estimate of drug-likeness (QED) is 0.743. The van der Waals surface area contributed by atoms with Gasteiger partial charge in [-0.3, -0.25) is 0 Å². The Morgan fingerprint density at radius 1 is 1.54 bits per heavy atom. The number of hydrogen-bond donors (Lipinski definition) is 1. The molecule has 66 valence electrons. The molecule has 0 aromatic carbocycles. The molecule has 0 bridgehead atoms. The number of aromatic nitrogens is 1. The molecule has 13 heavy (non-hydrogen) atoms. The van der Waals surface area contributed by atoms with Crippen LogP contribution in [0.3, 0.4) is 0 Å². The SMILES string of the molecule is N#Cc1ncccc1NC1CCC1. The van der Waals surface area contributed by atoms with Crippen LogP contribution in [0.5, 0.6) is 0 Å². The zero-order chi connectivity index (χ0) is 9.10. The molecule has 1 aliphatic carbocycles. The van der Waals surface area contributed by atoms with Crippen molar-refractivity contribution < 1.29 is 0 Å². The lowest BCUT2D eigenvalue weighted by Crippen LogP contribution is -2.27. The van der Waals surface area contributed by atoms with E-state index in [2.05, 4.69) is 16.4 Å². The first-order valence-corrected chi connectivity index (χ1v) is 4.52. The third-order valence-corrected chi connectivity index (χ3v) is 2.38. The van der Waals surface area contributed by atoms with E-state index >= 15 is 0 Å². The molecule has 1 saturated carbocycles. The van der Waals surface area contributed by atoms with E-state index in [1.807, 2.05) is 12.1 Å². The van der Waals surface area contributed by atoms with Gasteiger partial charge in [-0.25, -0.2) is 4.98 Å². The second-order valence-corrected chi connectivity index (χ2v) is 3.28. The van der Waals surface area contributed by atoms with Crippen LogP contribution in [-0.2, 0) is 0 Å². The molecule has 0 atom stereocenters. The van der Waals surface area contributed by atoms with Gasteiger partial charge in [0.15, 0.2) is 5.69 Å². The second kappa shape index (κ2) is 3.44. The maximum atomic E-state index is 8.77. The Balaban J connectivity index is 2.14. The van der Waals surface area contributed by atoms with Crippen molar-refractivity contribution in [2.24, 2.45) is 0 Å². The van der Waals surface area contributed by atoms with E-state index in [1.165, 1.54) is 19.3 Å². The van der Waals surface area contributed by atoms with Crippen LogP contribution in [-0.4, -0.2) is 11.0 Å². The maximum absolute atomic E-state index is 8.77. The minimum Gasteiger partial charge on any atom is -0.380 e. The highest BCUT2D eigenvalue weighted by Crippen LogP contribution is 2.23. The zero-order valence-corrected chi connectivity index (χ0v) is 7.33. The van der Waals surface area contributed by atoms with Crippen LogP contribution >= 0.6 is 0 Å². The fraction of sp³-hybridized carbons (Fsp3) is 0.400. The highest BCUT2D eigenvalue weighted by Gasteiger charge is 2.17. The molecule has 1 fully saturated rings. The molecule has 0 radical (unpaired) electrons. The average molecular weight is 173 g/mol. The molecular formula is C10H11N3. The largest absolute Gasteiger partial charge is 0.380 e. The molecule has 0 amide bonds. The van der Waals surface area contributed by atoms with Crippen LogP contribution in [0, 0.1) is 11.3 Å². The van der Waals surface area contributed by atoms with Gasteiger partial charge in [-0.1, -0.05) is 0 Å². The maximum Gasteiger partial charge on any atom is 0.163 e. The van der Waals surface area contributed by atoms with Gasteiger partial charge in [-0.15, -0.1) is 0 Å². The van der Waals surface area contributed by atoms with Crippen LogP contribution < -0.4 is 5.32 Å². The van der Waals surface area contributed by atoms with Crippen molar-refractivity contribution in [3.05, 3.63) is 24.0 Å². The Kier molecular flexibility index (Phi) is 2.13. The standard InChI is InChI=1S/C10H11N3/c11-7-10-9(5-2-6-12-10)13-8-3-1-4-8/h2,5-6,8,13H,1,3-4H2. The smallest absolute Gasteiger partial charge is 0.163 e. The van der Waals surface area contributed by atoms with E-state index < -0.39 is 0 Å². The average Bonchev–Trinajstić information content (AvgIpc) is 2.12. The first kappa shape index (κ1) is 8.06. The number of pyridine rings is 1. The number of anilines is 1. The molecular weight excluding hydrogens is 162 g/mol. The van der Waals surface area contributed by atoms with E-state index in [0.29, 0.717) is 11.7 Å². The summed E-state index contributed by atoms with van der Waals surface area (Å²) in [6, 6.07) is 6.38. The number of rotatable bonds is 2. The number of nitrogens with one attached hydrogen (secondary N) is 1. The minimum absolute atomic E-state index is 0.495. The Morgan fingerprint density at radius 3 is 3.00 bits per heavy atom. The number of nitrogens with zero attached hydrogens (tertiary/aromatic N) is 2. The van der Waals surface area contributed by atoms with Crippen molar-refractivity contribution in [2.45, 2.75) is 25.3 Å². The highest BCUT2D eigenvalue weighted by molar-refractivity contribution is 5.54. The van der Waals surface area contributed by atoms with Gasteiger partial charge in [0.25, 0.3) is 0 Å². The Labute approximate surface area is 77.4 Å². The van der Waals surface area contributed by atoms with Gasteiger partial charge in [0.2, 0.25) is 0 Å². The summed E-state index contributed by atoms with van der Waals surface area (Å²) in [4.78, 5) is 3.99. The molecule has 2 rings (SSSR count). The Hall–Kier alpha value is -1.56. The molecule has 0 spiro atoms. The van der Waals surface area contributed by atoms with E-state index in [0.717, 1.165) is 5.69 Å². The number of nitriles is 1. The Bertz CT molecular complexity index is 336. The molecule has 3 heteroatoms. The first-order valence-electron chi connectivity index (χ1n) is 4.52.